The van der Waals surface area contributed by atoms with E-state index < -0.39 is 17.8 Å². The molecule has 0 fully saturated rings. The van der Waals surface area contributed by atoms with Crippen molar-refractivity contribution in [2.75, 3.05) is 4.90 Å². The van der Waals surface area contributed by atoms with E-state index in [9.17, 15) is 14.0 Å². The van der Waals surface area contributed by atoms with Crippen molar-refractivity contribution in [2.45, 2.75) is 25.8 Å². The third-order valence-corrected chi connectivity index (χ3v) is 6.09. The van der Waals surface area contributed by atoms with E-state index in [-0.39, 0.29) is 16.8 Å². The molecule has 0 radical (unpaired) electrons. The number of carbonyl (C=O) groups is 1. The van der Waals surface area contributed by atoms with Crippen LogP contribution in [0.25, 0.3) is 11.0 Å². The smallest absolute Gasteiger partial charge is 0.295 e. The van der Waals surface area contributed by atoms with Crippen molar-refractivity contribution >= 4 is 34.2 Å². The van der Waals surface area contributed by atoms with E-state index in [0.717, 1.165) is 11.1 Å². The van der Waals surface area contributed by atoms with Gasteiger partial charge < -0.3 is 4.42 Å². The zero-order valence-electron chi connectivity index (χ0n) is 17.4. The lowest BCUT2D eigenvalue weighted by Gasteiger charge is -2.25. The Hall–Kier alpha value is -3.44. The molecule has 4 nitrogen and oxygen atoms in total. The third kappa shape index (κ3) is 3.21. The van der Waals surface area contributed by atoms with E-state index in [1.807, 2.05) is 24.3 Å². The highest BCUT2D eigenvalue weighted by Gasteiger charge is 2.43. The predicted molar refractivity (Wildman–Crippen MR) is 123 cm³/mol. The van der Waals surface area contributed by atoms with Gasteiger partial charge in [-0.25, -0.2) is 4.39 Å². The molecule has 1 unspecified atom stereocenters. The molecular weight excluding hydrogens is 429 g/mol. The Bertz CT molecular complexity index is 1410. The zero-order valence-corrected chi connectivity index (χ0v) is 18.2. The quantitative estimate of drug-likeness (QED) is 0.362. The Morgan fingerprint density at radius 2 is 1.66 bits per heavy atom. The van der Waals surface area contributed by atoms with Gasteiger partial charge in [0.05, 0.1) is 17.0 Å². The van der Waals surface area contributed by atoms with Crippen LogP contribution in [0.3, 0.4) is 0 Å². The molecule has 160 valence electrons. The largest absolute Gasteiger partial charge is 0.450 e. The molecule has 1 aliphatic rings. The molecule has 2 heterocycles. The molecule has 1 atom stereocenters. The summed E-state index contributed by atoms with van der Waals surface area (Å²) in [4.78, 5) is 28.5. The van der Waals surface area contributed by atoms with Crippen molar-refractivity contribution in [3.8, 4) is 0 Å². The van der Waals surface area contributed by atoms with Gasteiger partial charge in [-0.05, 0) is 59.5 Å². The first-order valence-electron chi connectivity index (χ1n) is 10.3. The Morgan fingerprint density at radius 3 is 2.31 bits per heavy atom. The lowest BCUT2D eigenvalue weighted by molar-refractivity contribution is 0.0971. The minimum absolute atomic E-state index is 0.00733. The lowest BCUT2D eigenvalue weighted by atomic mass is 9.95. The van der Waals surface area contributed by atoms with Crippen molar-refractivity contribution in [1.82, 2.24) is 0 Å². The number of fused-ring (bicyclic) bond motifs is 2. The molecule has 6 heteroatoms. The summed E-state index contributed by atoms with van der Waals surface area (Å²) in [6.07, 6.45) is 0. The molecule has 0 spiro atoms. The third-order valence-electron chi connectivity index (χ3n) is 5.86. The average molecular weight is 448 g/mol. The Balaban J connectivity index is 1.78. The van der Waals surface area contributed by atoms with Crippen LogP contribution in [0.4, 0.5) is 10.1 Å². The molecule has 4 aromatic rings. The molecular formula is C26H19ClFNO3. The molecule has 1 aliphatic heterocycles. The van der Waals surface area contributed by atoms with Crippen molar-refractivity contribution in [3.63, 3.8) is 0 Å². The predicted octanol–water partition coefficient (Wildman–Crippen LogP) is 6.46. The number of halogens is 2. The molecule has 3 aromatic carbocycles. The number of anilines is 1. The fourth-order valence-electron chi connectivity index (χ4n) is 4.19. The summed E-state index contributed by atoms with van der Waals surface area (Å²) >= 11 is 6.12. The summed E-state index contributed by atoms with van der Waals surface area (Å²) < 4.78 is 19.5. The highest BCUT2D eigenvalue weighted by atomic mass is 35.5. The molecule has 1 amide bonds. The van der Waals surface area contributed by atoms with E-state index in [2.05, 4.69) is 13.8 Å². The van der Waals surface area contributed by atoms with Crippen LogP contribution in [0.2, 0.25) is 5.02 Å². The summed E-state index contributed by atoms with van der Waals surface area (Å²) in [5.41, 5.74) is 2.62. The summed E-state index contributed by atoms with van der Waals surface area (Å²) in [6.45, 7) is 4.19. The van der Waals surface area contributed by atoms with E-state index in [1.165, 1.54) is 29.2 Å². The molecule has 0 N–H and O–H groups in total. The minimum Gasteiger partial charge on any atom is -0.450 e. The molecule has 0 saturated carbocycles. The second-order valence-corrected chi connectivity index (χ2v) is 8.63. The molecule has 0 aliphatic carbocycles. The van der Waals surface area contributed by atoms with Crippen LogP contribution in [0.5, 0.6) is 0 Å². The number of hydrogen-bond donors (Lipinski definition) is 0. The highest BCUT2D eigenvalue weighted by molar-refractivity contribution is 6.31. The maximum atomic E-state index is 13.6. The SMILES string of the molecule is CC(C)c1ccc(C2c3c(oc4ccc(Cl)cc4c3=O)C(=O)N2c2ccc(F)cc2)cc1. The Kier molecular flexibility index (Phi) is 4.86. The zero-order chi connectivity index (χ0) is 22.6. The minimum atomic E-state index is -0.705. The topological polar surface area (TPSA) is 50.5 Å². The van der Waals surface area contributed by atoms with Crippen LogP contribution < -0.4 is 10.3 Å². The molecule has 0 saturated heterocycles. The standard InChI is InChI=1S/C26H19ClFNO3/c1-14(2)15-3-5-16(6-4-15)23-22-24(30)20-13-17(27)7-12-21(20)32-25(22)26(31)29(23)19-10-8-18(28)9-11-19/h3-14,23H,1-2H3. The maximum Gasteiger partial charge on any atom is 0.295 e. The van der Waals surface area contributed by atoms with Crippen molar-refractivity contribution in [3.05, 3.63) is 110 Å². The monoisotopic (exact) mass is 447 g/mol. The number of amides is 1. The van der Waals surface area contributed by atoms with E-state index in [1.54, 1.807) is 18.2 Å². The average Bonchev–Trinajstić information content (AvgIpc) is 3.07. The first-order chi connectivity index (χ1) is 15.3. The van der Waals surface area contributed by atoms with Gasteiger partial charge in [-0.3, -0.25) is 14.5 Å². The van der Waals surface area contributed by atoms with Gasteiger partial charge >= 0.3 is 0 Å². The molecule has 1 aromatic heterocycles. The van der Waals surface area contributed by atoms with E-state index in [4.69, 9.17) is 16.0 Å². The molecule has 5 rings (SSSR count). The second-order valence-electron chi connectivity index (χ2n) is 8.19. The Labute approximate surface area is 188 Å². The van der Waals surface area contributed by atoms with Crippen LogP contribution in [-0.2, 0) is 0 Å². The summed E-state index contributed by atoms with van der Waals surface area (Å²) in [5.74, 6) is -0.526. The molecule has 0 bridgehead atoms. The number of nitrogens with zero attached hydrogens (tertiary/aromatic N) is 1. The van der Waals surface area contributed by atoms with Crippen LogP contribution in [0.1, 0.15) is 53.1 Å². The highest BCUT2D eigenvalue weighted by Crippen LogP contribution is 2.41. The van der Waals surface area contributed by atoms with Gasteiger partial charge in [-0.1, -0.05) is 49.7 Å². The van der Waals surface area contributed by atoms with Crippen LogP contribution in [0.15, 0.2) is 75.9 Å². The van der Waals surface area contributed by atoms with Gasteiger partial charge in [-0.15, -0.1) is 0 Å². The summed E-state index contributed by atoms with van der Waals surface area (Å²) in [6, 6.07) is 17.5. The lowest BCUT2D eigenvalue weighted by Crippen LogP contribution is -2.29. The normalized spacial score (nSPS) is 15.6. The van der Waals surface area contributed by atoms with Gasteiger partial charge in [0, 0.05) is 10.7 Å². The first kappa shape index (κ1) is 20.5. The van der Waals surface area contributed by atoms with Crippen LogP contribution >= 0.6 is 11.6 Å². The Morgan fingerprint density at radius 1 is 0.969 bits per heavy atom. The van der Waals surface area contributed by atoms with E-state index in [0.29, 0.717) is 27.6 Å². The van der Waals surface area contributed by atoms with Crippen molar-refractivity contribution < 1.29 is 13.6 Å². The van der Waals surface area contributed by atoms with Gasteiger partial charge in [0.25, 0.3) is 5.91 Å². The van der Waals surface area contributed by atoms with Gasteiger partial charge in [0.2, 0.25) is 5.76 Å². The number of hydrogen-bond acceptors (Lipinski definition) is 3. The summed E-state index contributed by atoms with van der Waals surface area (Å²) in [5, 5.41) is 0.719. The molecule has 32 heavy (non-hydrogen) atoms. The fraction of sp³-hybridized carbons (Fsp3) is 0.154. The van der Waals surface area contributed by atoms with Gasteiger partial charge in [-0.2, -0.15) is 0 Å². The number of benzene rings is 3. The van der Waals surface area contributed by atoms with Gasteiger partial charge in [0.1, 0.15) is 11.4 Å². The number of rotatable bonds is 3. The maximum absolute atomic E-state index is 13.6. The van der Waals surface area contributed by atoms with Crippen LogP contribution in [-0.4, -0.2) is 5.91 Å². The second kappa shape index (κ2) is 7.61. The van der Waals surface area contributed by atoms with E-state index >= 15 is 0 Å². The van der Waals surface area contributed by atoms with Gasteiger partial charge in [0.15, 0.2) is 5.43 Å². The van der Waals surface area contributed by atoms with Crippen LogP contribution in [0, 0.1) is 5.82 Å². The first-order valence-corrected chi connectivity index (χ1v) is 10.7. The van der Waals surface area contributed by atoms with Crippen molar-refractivity contribution in [2.24, 2.45) is 0 Å². The summed E-state index contributed by atoms with van der Waals surface area (Å²) in [7, 11) is 0. The van der Waals surface area contributed by atoms with Crippen molar-refractivity contribution in [1.29, 1.82) is 0 Å². The fourth-order valence-corrected chi connectivity index (χ4v) is 4.36. The number of carbonyl (C=O) groups excluding carboxylic acids is 1.